The number of allylic oxidation sites excluding steroid dienone is 2. The lowest BCUT2D eigenvalue weighted by atomic mass is 9.95. The fourth-order valence-electron chi connectivity index (χ4n) is 6.58. The van der Waals surface area contributed by atoms with Crippen LogP contribution in [0.3, 0.4) is 0 Å². The van der Waals surface area contributed by atoms with Gasteiger partial charge in [-0.25, -0.2) is 0 Å². The molecule has 0 N–H and O–H groups in total. The van der Waals surface area contributed by atoms with Gasteiger partial charge < -0.3 is 37.9 Å². The number of rotatable bonds is 19. The summed E-state index contributed by atoms with van der Waals surface area (Å²) in [4.78, 5) is 75.5. The molecule has 4 aromatic rings. The highest BCUT2D eigenvalue weighted by Crippen LogP contribution is 2.47. The SMILES string of the molecule is CCCc1cc(C=CC(=O)c2ccc(OC(=O)C(C)(C)C)cc2)c(OCC)c(OC)c1OC(=O)C(C)(C)C.CCOc1c(C=CC(=O)c2ccc(OC(=O)C(C)(C)C)cc2)cc(C(C)C)c(OC(=O)C(C)(C)C)c1OC. The maximum Gasteiger partial charge on any atom is 0.316 e. The van der Waals surface area contributed by atoms with Crippen LogP contribution in [-0.4, -0.2) is 62.9 Å². The van der Waals surface area contributed by atoms with Crippen LogP contribution in [0.15, 0.2) is 72.8 Å². The summed E-state index contributed by atoms with van der Waals surface area (Å²) in [7, 11) is 2.98. The van der Waals surface area contributed by atoms with Gasteiger partial charge in [0.25, 0.3) is 0 Å². The second kappa shape index (κ2) is 27.0. The Morgan fingerprint density at radius 1 is 0.461 bits per heavy atom. The number of ether oxygens (including phenoxy) is 8. The molecule has 0 amide bonds. The molecule has 14 heteroatoms. The number of benzene rings is 4. The van der Waals surface area contributed by atoms with Crippen LogP contribution in [0.4, 0.5) is 0 Å². The van der Waals surface area contributed by atoms with E-state index < -0.39 is 27.6 Å². The van der Waals surface area contributed by atoms with Crippen molar-refractivity contribution in [1.29, 1.82) is 0 Å². The van der Waals surface area contributed by atoms with Crippen molar-refractivity contribution in [2.45, 2.75) is 136 Å². The molecule has 76 heavy (non-hydrogen) atoms. The van der Waals surface area contributed by atoms with Crippen molar-refractivity contribution < 1.29 is 66.7 Å². The highest BCUT2D eigenvalue weighted by molar-refractivity contribution is 6.08. The van der Waals surface area contributed by atoms with Gasteiger partial charge in [0.1, 0.15) is 11.5 Å². The van der Waals surface area contributed by atoms with Gasteiger partial charge in [-0.2, -0.15) is 0 Å². The molecule has 0 spiro atoms. The Kier molecular flexibility index (Phi) is 22.4. The Morgan fingerprint density at radius 2 is 0.803 bits per heavy atom. The number of aryl methyl sites for hydroxylation is 1. The number of hydrogen-bond acceptors (Lipinski definition) is 14. The van der Waals surface area contributed by atoms with E-state index in [0.29, 0.717) is 87.9 Å². The third-order valence-electron chi connectivity index (χ3n) is 11.0. The Hall–Kier alpha value is -7.22. The smallest absolute Gasteiger partial charge is 0.316 e. The number of carbonyl (C=O) groups is 6. The Labute approximate surface area is 450 Å². The van der Waals surface area contributed by atoms with E-state index in [1.54, 1.807) is 144 Å². The van der Waals surface area contributed by atoms with E-state index >= 15 is 0 Å². The maximum atomic E-state index is 12.9. The van der Waals surface area contributed by atoms with Crippen molar-refractivity contribution >= 4 is 47.6 Å². The minimum Gasteiger partial charge on any atom is -0.490 e. The molecule has 4 aromatic carbocycles. The first kappa shape index (κ1) is 63.1. The summed E-state index contributed by atoms with van der Waals surface area (Å²) in [6.07, 6.45) is 7.66. The van der Waals surface area contributed by atoms with E-state index in [0.717, 1.165) is 17.5 Å². The van der Waals surface area contributed by atoms with Gasteiger partial charge in [0.2, 0.25) is 11.5 Å². The van der Waals surface area contributed by atoms with Crippen molar-refractivity contribution in [3.63, 3.8) is 0 Å². The van der Waals surface area contributed by atoms with Gasteiger partial charge in [0, 0.05) is 27.8 Å². The molecule has 4 rings (SSSR count). The zero-order valence-electron chi connectivity index (χ0n) is 48.2. The van der Waals surface area contributed by atoms with Crippen molar-refractivity contribution in [3.8, 4) is 46.0 Å². The van der Waals surface area contributed by atoms with Crippen LogP contribution >= 0.6 is 0 Å². The molecule has 0 aliphatic carbocycles. The average molecular weight is 1050 g/mol. The van der Waals surface area contributed by atoms with Crippen LogP contribution in [0.25, 0.3) is 12.2 Å². The molecule has 0 heterocycles. The predicted molar refractivity (Wildman–Crippen MR) is 296 cm³/mol. The van der Waals surface area contributed by atoms with E-state index in [2.05, 4.69) is 0 Å². The molecule has 0 fully saturated rings. The molecule has 412 valence electrons. The highest BCUT2D eigenvalue weighted by Gasteiger charge is 2.31. The Morgan fingerprint density at radius 3 is 1.13 bits per heavy atom. The van der Waals surface area contributed by atoms with Gasteiger partial charge in [-0.3, -0.25) is 28.8 Å². The lowest BCUT2D eigenvalue weighted by Crippen LogP contribution is -2.26. The molecule has 0 atom stereocenters. The van der Waals surface area contributed by atoms with E-state index in [1.807, 2.05) is 46.8 Å². The van der Waals surface area contributed by atoms with Crippen LogP contribution < -0.4 is 37.9 Å². The molecule has 0 saturated heterocycles. The van der Waals surface area contributed by atoms with E-state index in [9.17, 15) is 28.8 Å². The van der Waals surface area contributed by atoms with Gasteiger partial charge in [0.05, 0.1) is 49.1 Å². The number of hydrogen-bond donors (Lipinski definition) is 0. The number of methoxy groups -OCH3 is 2. The monoisotopic (exact) mass is 1050 g/mol. The molecule has 0 unspecified atom stereocenters. The van der Waals surface area contributed by atoms with Crippen molar-refractivity contribution in [3.05, 3.63) is 106 Å². The van der Waals surface area contributed by atoms with Crippen molar-refractivity contribution in [1.82, 2.24) is 0 Å². The molecule has 0 bridgehead atoms. The van der Waals surface area contributed by atoms with Crippen molar-refractivity contribution in [2.24, 2.45) is 21.7 Å². The van der Waals surface area contributed by atoms with Crippen LogP contribution in [0, 0.1) is 21.7 Å². The van der Waals surface area contributed by atoms with Crippen LogP contribution in [0.5, 0.6) is 46.0 Å². The normalized spacial score (nSPS) is 11.9. The second-order valence-electron chi connectivity index (χ2n) is 22.3. The third-order valence-corrected chi connectivity index (χ3v) is 11.0. The molecule has 0 aliphatic rings. The summed E-state index contributed by atoms with van der Waals surface area (Å²) in [5.74, 6) is 0.805. The first-order chi connectivity index (χ1) is 35.3. The fourth-order valence-corrected chi connectivity index (χ4v) is 6.58. The summed E-state index contributed by atoms with van der Waals surface area (Å²) in [5.41, 5.74) is 0.969. The van der Waals surface area contributed by atoms with E-state index in [1.165, 1.54) is 26.4 Å². The van der Waals surface area contributed by atoms with Gasteiger partial charge in [0.15, 0.2) is 34.6 Å². The molecular formula is C62H80O14. The lowest BCUT2D eigenvalue weighted by Gasteiger charge is -2.23. The van der Waals surface area contributed by atoms with E-state index in [4.69, 9.17) is 37.9 Å². The van der Waals surface area contributed by atoms with Gasteiger partial charge >= 0.3 is 23.9 Å². The summed E-state index contributed by atoms with van der Waals surface area (Å²) in [5, 5.41) is 0. The quantitative estimate of drug-likeness (QED) is 0.0375. The molecule has 0 aliphatic heterocycles. The summed E-state index contributed by atoms with van der Waals surface area (Å²) in [6.45, 7) is 31.7. The van der Waals surface area contributed by atoms with Crippen LogP contribution in [-0.2, 0) is 25.6 Å². The summed E-state index contributed by atoms with van der Waals surface area (Å²) >= 11 is 0. The van der Waals surface area contributed by atoms with E-state index in [-0.39, 0.29) is 35.4 Å². The predicted octanol–water partition coefficient (Wildman–Crippen LogP) is 13.9. The molecule has 0 aromatic heterocycles. The summed E-state index contributed by atoms with van der Waals surface area (Å²) < 4.78 is 45.5. The number of ketones is 2. The minimum atomic E-state index is -0.712. The Balaban J connectivity index is 0.000000400. The lowest BCUT2D eigenvalue weighted by molar-refractivity contribution is -0.143. The Bertz CT molecular complexity index is 2750. The van der Waals surface area contributed by atoms with Gasteiger partial charge in [-0.05, 0) is 200 Å². The third kappa shape index (κ3) is 17.7. The highest BCUT2D eigenvalue weighted by atomic mass is 16.6. The largest absolute Gasteiger partial charge is 0.490 e. The van der Waals surface area contributed by atoms with Gasteiger partial charge in [-0.1, -0.05) is 27.2 Å². The van der Waals surface area contributed by atoms with Gasteiger partial charge in [-0.15, -0.1) is 0 Å². The molecule has 0 radical (unpaired) electrons. The molecular weight excluding hydrogens is 969 g/mol. The topological polar surface area (TPSA) is 176 Å². The fraction of sp³-hybridized carbons (Fsp3) is 0.452. The second-order valence-corrected chi connectivity index (χ2v) is 22.3. The first-order valence-corrected chi connectivity index (χ1v) is 25.6. The summed E-state index contributed by atoms with van der Waals surface area (Å²) in [6, 6.07) is 16.5. The van der Waals surface area contributed by atoms with Crippen LogP contribution in [0.1, 0.15) is 173 Å². The first-order valence-electron chi connectivity index (χ1n) is 25.6. The number of carbonyl (C=O) groups excluding carboxylic acids is 6. The zero-order valence-corrected chi connectivity index (χ0v) is 48.2. The zero-order chi connectivity index (χ0) is 57.5. The van der Waals surface area contributed by atoms with Crippen LogP contribution in [0.2, 0.25) is 0 Å². The maximum absolute atomic E-state index is 12.9. The minimum absolute atomic E-state index is 0.00597. The van der Waals surface area contributed by atoms with Crippen molar-refractivity contribution in [2.75, 3.05) is 27.4 Å². The molecule has 14 nitrogen and oxygen atoms in total. The average Bonchev–Trinajstić information content (AvgIpc) is 3.33. The standard InChI is InChI=1S/2C31H40O7/c1-11-36-25-21(18-23(19(2)3)26(27(25)35-10)38-29(34)31(7,8)9)14-17-24(32)20-12-15-22(16-13-20)37-28(33)30(4,5)6;1-10-12-21-19-22(25(36-11-2)27(35-9)26(21)38-29(34)31(6,7)8)15-18-24(32)20-13-16-23(17-14-20)37-28(33)30(3,4)5/h12-19H,11H2,1-10H3;13-19H,10-12H2,1-9H3. The molecule has 0 saturated carbocycles. The number of esters is 4.